The molecule has 3 heteroatoms. The number of rotatable bonds is 1. The van der Waals surface area contributed by atoms with Gasteiger partial charge in [-0.05, 0) is 63.3 Å². The number of hydrogen-bond donors (Lipinski definition) is 3. The molecule has 0 aromatic heterocycles. The van der Waals surface area contributed by atoms with Crippen LogP contribution < -0.4 is 16.4 Å². The van der Waals surface area contributed by atoms with Gasteiger partial charge < -0.3 is 16.4 Å². The molecule has 4 bridgehead atoms. The van der Waals surface area contributed by atoms with Crippen molar-refractivity contribution in [3.8, 4) is 0 Å². The molecule has 5 rings (SSSR count). The van der Waals surface area contributed by atoms with Crippen LogP contribution in [0.2, 0.25) is 0 Å². The lowest BCUT2D eigenvalue weighted by molar-refractivity contribution is 0.000365. The predicted octanol–water partition coefficient (Wildman–Crippen LogP) is 1.09. The van der Waals surface area contributed by atoms with E-state index in [0.29, 0.717) is 5.54 Å². The SMILES string of the molecule is CNC1CNC1.NC12CC3CC(CC(C3)C1)C2. The molecule has 0 aromatic carbocycles. The van der Waals surface area contributed by atoms with Gasteiger partial charge >= 0.3 is 0 Å². The molecule has 5 aliphatic rings. The fraction of sp³-hybridized carbons (Fsp3) is 1.00. The first kappa shape index (κ1) is 11.9. The van der Waals surface area contributed by atoms with Gasteiger partial charge in [-0.25, -0.2) is 0 Å². The van der Waals surface area contributed by atoms with Crippen LogP contribution in [0, 0.1) is 17.8 Å². The van der Waals surface area contributed by atoms with Crippen molar-refractivity contribution < 1.29 is 0 Å². The topological polar surface area (TPSA) is 50.1 Å². The summed E-state index contributed by atoms with van der Waals surface area (Å²) < 4.78 is 0. The van der Waals surface area contributed by atoms with E-state index in [1.807, 2.05) is 7.05 Å². The minimum Gasteiger partial charge on any atom is -0.325 e. The van der Waals surface area contributed by atoms with Crippen LogP contribution in [-0.2, 0) is 0 Å². The number of nitrogens with one attached hydrogen (secondary N) is 2. The Labute approximate surface area is 105 Å². The Kier molecular flexibility index (Phi) is 3.18. The summed E-state index contributed by atoms with van der Waals surface area (Å²) in [5.74, 6) is 3.06. The molecule has 4 aliphatic carbocycles. The van der Waals surface area contributed by atoms with Crippen LogP contribution in [-0.4, -0.2) is 31.7 Å². The molecule has 4 saturated carbocycles. The summed E-state index contributed by atoms with van der Waals surface area (Å²) in [6.45, 7) is 2.30. The second kappa shape index (κ2) is 4.52. The van der Waals surface area contributed by atoms with Gasteiger partial charge in [0.25, 0.3) is 0 Å². The second-order valence-electron chi connectivity index (χ2n) is 6.92. The van der Waals surface area contributed by atoms with E-state index in [0.717, 1.165) is 36.9 Å². The van der Waals surface area contributed by atoms with Crippen molar-refractivity contribution in [2.75, 3.05) is 20.1 Å². The third-order valence-corrected chi connectivity index (χ3v) is 5.28. The summed E-state index contributed by atoms with van der Waals surface area (Å²) >= 11 is 0. The average Bonchev–Trinajstić information content (AvgIpc) is 2.11. The minimum absolute atomic E-state index is 0.300. The molecule has 0 spiro atoms. The largest absolute Gasteiger partial charge is 0.325 e. The van der Waals surface area contributed by atoms with Gasteiger partial charge in [-0.3, -0.25) is 0 Å². The maximum atomic E-state index is 6.32. The van der Waals surface area contributed by atoms with Crippen molar-refractivity contribution in [1.82, 2.24) is 10.6 Å². The van der Waals surface area contributed by atoms with E-state index >= 15 is 0 Å². The van der Waals surface area contributed by atoms with E-state index in [1.54, 1.807) is 0 Å². The van der Waals surface area contributed by atoms with Gasteiger partial charge in [-0.15, -0.1) is 0 Å². The van der Waals surface area contributed by atoms with Crippen LogP contribution in [0.4, 0.5) is 0 Å². The van der Waals surface area contributed by atoms with E-state index in [2.05, 4.69) is 10.6 Å². The second-order valence-corrected chi connectivity index (χ2v) is 6.92. The van der Waals surface area contributed by atoms with Crippen molar-refractivity contribution in [3.63, 3.8) is 0 Å². The van der Waals surface area contributed by atoms with Gasteiger partial charge in [-0.2, -0.15) is 0 Å². The quantitative estimate of drug-likeness (QED) is 0.640. The van der Waals surface area contributed by atoms with Gasteiger partial charge in [0, 0.05) is 24.7 Å². The molecule has 98 valence electrons. The molecule has 0 aromatic rings. The first-order valence-corrected chi connectivity index (χ1v) is 7.34. The Balaban J connectivity index is 0.000000129. The highest BCUT2D eigenvalue weighted by atomic mass is 15.1. The summed E-state index contributed by atoms with van der Waals surface area (Å²) in [5.41, 5.74) is 6.62. The Bertz CT molecular complexity index is 235. The van der Waals surface area contributed by atoms with E-state index in [1.165, 1.54) is 38.5 Å². The summed E-state index contributed by atoms with van der Waals surface area (Å²) in [5, 5.41) is 6.29. The highest BCUT2D eigenvalue weighted by Gasteiger charge is 2.48. The maximum Gasteiger partial charge on any atom is 0.0314 e. The van der Waals surface area contributed by atoms with Crippen molar-refractivity contribution in [3.05, 3.63) is 0 Å². The molecule has 1 heterocycles. The maximum absolute atomic E-state index is 6.32. The molecule has 0 atom stereocenters. The van der Waals surface area contributed by atoms with Crippen LogP contribution in [0.5, 0.6) is 0 Å². The van der Waals surface area contributed by atoms with E-state index in [-0.39, 0.29) is 0 Å². The van der Waals surface area contributed by atoms with Gasteiger partial charge in [0.15, 0.2) is 0 Å². The van der Waals surface area contributed by atoms with E-state index in [4.69, 9.17) is 5.73 Å². The monoisotopic (exact) mass is 237 g/mol. The number of likely N-dealkylation sites (N-methyl/N-ethyl adjacent to an activating group) is 1. The summed E-state index contributed by atoms with van der Waals surface area (Å²) in [4.78, 5) is 0. The molecule has 17 heavy (non-hydrogen) atoms. The van der Waals surface area contributed by atoms with Crippen LogP contribution in [0.25, 0.3) is 0 Å². The van der Waals surface area contributed by atoms with Gasteiger partial charge in [-0.1, -0.05) is 0 Å². The Morgan fingerprint density at radius 2 is 1.47 bits per heavy atom. The number of hydrogen-bond acceptors (Lipinski definition) is 3. The van der Waals surface area contributed by atoms with Gasteiger partial charge in [0.05, 0.1) is 0 Å². The molecule has 1 aliphatic heterocycles. The van der Waals surface area contributed by atoms with Crippen LogP contribution in [0.3, 0.4) is 0 Å². The first-order chi connectivity index (χ1) is 8.17. The zero-order chi connectivity index (χ0) is 11.9. The lowest BCUT2D eigenvalue weighted by Gasteiger charge is -2.55. The molecular formula is C14H27N3. The first-order valence-electron chi connectivity index (χ1n) is 7.34. The zero-order valence-corrected chi connectivity index (χ0v) is 11.0. The van der Waals surface area contributed by atoms with E-state index in [9.17, 15) is 0 Å². The van der Waals surface area contributed by atoms with Crippen molar-refractivity contribution >= 4 is 0 Å². The van der Waals surface area contributed by atoms with Crippen molar-refractivity contribution in [1.29, 1.82) is 0 Å². The molecule has 1 saturated heterocycles. The third-order valence-electron chi connectivity index (χ3n) is 5.28. The van der Waals surface area contributed by atoms with Crippen molar-refractivity contribution in [2.24, 2.45) is 23.5 Å². The highest BCUT2D eigenvalue weighted by Crippen LogP contribution is 2.54. The normalized spacial score (nSPS) is 47.3. The van der Waals surface area contributed by atoms with E-state index < -0.39 is 0 Å². The van der Waals surface area contributed by atoms with Crippen LogP contribution >= 0.6 is 0 Å². The highest BCUT2D eigenvalue weighted by molar-refractivity contribution is 5.04. The fourth-order valence-electron chi connectivity index (χ4n) is 4.67. The Morgan fingerprint density at radius 1 is 1.00 bits per heavy atom. The molecule has 0 unspecified atom stereocenters. The predicted molar refractivity (Wildman–Crippen MR) is 70.8 cm³/mol. The summed E-state index contributed by atoms with van der Waals surface area (Å²) in [7, 11) is 1.99. The molecule has 3 nitrogen and oxygen atoms in total. The van der Waals surface area contributed by atoms with Crippen LogP contribution in [0.1, 0.15) is 38.5 Å². The standard InChI is InChI=1S/C10H17N.C4H10N2/c11-10-4-7-1-8(5-10)3-9(2-7)6-10;1-5-4-2-6-3-4/h7-9H,1-6,11H2;4-6H,2-3H2,1H3. The van der Waals surface area contributed by atoms with Gasteiger partial charge in [0.2, 0.25) is 0 Å². The molecule has 4 N–H and O–H groups in total. The Hall–Kier alpha value is -0.120. The summed E-state index contributed by atoms with van der Waals surface area (Å²) in [6, 6.07) is 0.755. The summed E-state index contributed by atoms with van der Waals surface area (Å²) in [6.07, 6.45) is 8.57. The Morgan fingerprint density at radius 3 is 1.65 bits per heavy atom. The fourth-order valence-corrected chi connectivity index (χ4v) is 4.67. The number of nitrogens with two attached hydrogens (primary N) is 1. The minimum atomic E-state index is 0.300. The molecule has 0 radical (unpaired) electrons. The van der Waals surface area contributed by atoms with Crippen molar-refractivity contribution in [2.45, 2.75) is 50.1 Å². The average molecular weight is 237 g/mol. The smallest absolute Gasteiger partial charge is 0.0314 e. The molecule has 5 fully saturated rings. The zero-order valence-electron chi connectivity index (χ0n) is 11.0. The molecule has 0 amide bonds. The third kappa shape index (κ3) is 2.51. The lowest BCUT2D eigenvalue weighted by Crippen LogP contribution is -2.55. The van der Waals surface area contributed by atoms with Gasteiger partial charge in [0.1, 0.15) is 0 Å². The lowest BCUT2D eigenvalue weighted by atomic mass is 9.53. The molecular weight excluding hydrogens is 210 g/mol. The van der Waals surface area contributed by atoms with Crippen LogP contribution in [0.15, 0.2) is 0 Å².